The van der Waals surface area contributed by atoms with Gasteiger partial charge < -0.3 is 19.1 Å². The maximum Gasteiger partial charge on any atom is 0.301 e. The lowest BCUT2D eigenvalue weighted by atomic mass is 9.81. The first-order valence-electron chi connectivity index (χ1n) is 16.0. The summed E-state index contributed by atoms with van der Waals surface area (Å²) < 4.78 is 36.4. The Morgan fingerprint density at radius 3 is 2.38 bits per heavy atom. The Morgan fingerprint density at radius 1 is 0.956 bits per heavy atom. The second-order valence-electron chi connectivity index (χ2n) is 13.0. The third-order valence-corrected chi connectivity index (χ3v) is 11.2. The van der Waals surface area contributed by atoms with Gasteiger partial charge in [-0.2, -0.15) is 8.42 Å². The lowest BCUT2D eigenvalue weighted by Gasteiger charge is -2.40. The first kappa shape index (κ1) is 30.0. The molecule has 2 atom stereocenters. The molecule has 3 aliphatic heterocycles. The van der Waals surface area contributed by atoms with E-state index in [9.17, 15) is 18.0 Å². The maximum atomic E-state index is 14.5. The quantitative estimate of drug-likeness (QED) is 0.421. The van der Waals surface area contributed by atoms with Crippen molar-refractivity contribution >= 4 is 39.0 Å². The van der Waals surface area contributed by atoms with Crippen molar-refractivity contribution in [2.24, 2.45) is 0 Å². The number of methoxy groups -OCH3 is 1. The van der Waals surface area contributed by atoms with Gasteiger partial charge in [-0.05, 0) is 86.2 Å². The van der Waals surface area contributed by atoms with Crippen LogP contribution >= 0.6 is 0 Å². The number of benzene rings is 2. The Balaban J connectivity index is 1.42. The summed E-state index contributed by atoms with van der Waals surface area (Å²) in [5, 5.41) is 1.04. The zero-order valence-electron chi connectivity index (χ0n) is 26.1. The number of fused-ring (bicyclic) bond motifs is 7. The van der Waals surface area contributed by atoms with Gasteiger partial charge in [0.2, 0.25) is 0 Å². The first-order valence-corrected chi connectivity index (χ1v) is 17.5. The third-order valence-electron chi connectivity index (χ3n) is 10.2. The van der Waals surface area contributed by atoms with Crippen molar-refractivity contribution in [1.82, 2.24) is 23.8 Å². The molecule has 2 unspecified atom stereocenters. The summed E-state index contributed by atoms with van der Waals surface area (Å²) >= 11 is 0. The monoisotopic (exact) mass is 631 g/mol. The van der Waals surface area contributed by atoms with Gasteiger partial charge in [-0.3, -0.25) is 9.59 Å². The predicted molar refractivity (Wildman–Crippen MR) is 174 cm³/mol. The van der Waals surface area contributed by atoms with Gasteiger partial charge in [-0.15, -0.1) is 0 Å². The molecule has 238 valence electrons. The Kier molecular flexibility index (Phi) is 7.74. The van der Waals surface area contributed by atoms with Gasteiger partial charge in [0.05, 0.1) is 19.3 Å². The van der Waals surface area contributed by atoms with Crippen molar-refractivity contribution in [2.75, 3.05) is 34.3 Å². The zero-order valence-corrected chi connectivity index (χ0v) is 27.0. The van der Waals surface area contributed by atoms with Gasteiger partial charge in [0, 0.05) is 59.8 Å². The molecule has 3 aromatic rings. The smallest absolute Gasteiger partial charge is 0.301 e. The van der Waals surface area contributed by atoms with Crippen LogP contribution in [0.5, 0.6) is 5.75 Å². The number of amides is 2. The molecule has 1 aromatic heterocycles. The topological polar surface area (TPSA) is 113 Å². The molecular formula is C34H41N5O5S. The lowest BCUT2D eigenvalue weighted by Crippen LogP contribution is -2.55. The highest BCUT2D eigenvalue weighted by molar-refractivity contribution is 7.88. The summed E-state index contributed by atoms with van der Waals surface area (Å²) in [7, 11) is 1.06. The molecule has 1 aliphatic carbocycles. The summed E-state index contributed by atoms with van der Waals surface area (Å²) in [5.41, 5.74) is 6.04. The van der Waals surface area contributed by atoms with Crippen LogP contribution in [-0.4, -0.2) is 81.0 Å². The fourth-order valence-electron chi connectivity index (χ4n) is 8.16. The number of rotatable bonds is 6. The fraction of sp³-hybridized carbons (Fsp3) is 0.471. The summed E-state index contributed by atoms with van der Waals surface area (Å²) in [6.45, 7) is 2.09. The maximum absolute atomic E-state index is 14.5. The van der Waals surface area contributed by atoms with Crippen molar-refractivity contribution in [3.05, 3.63) is 58.7 Å². The highest BCUT2D eigenvalue weighted by atomic mass is 32.2. The molecule has 2 N–H and O–H groups in total. The summed E-state index contributed by atoms with van der Waals surface area (Å²) in [5.74, 6) is 0.417. The molecule has 3 fully saturated rings. The number of aromatic nitrogens is 1. The molecule has 0 radical (unpaired) electrons. The van der Waals surface area contributed by atoms with Crippen molar-refractivity contribution in [2.45, 2.75) is 69.5 Å². The molecular weight excluding hydrogens is 590 g/mol. The number of likely N-dealkylation sites (N-methyl/N-ethyl adjacent to an activating group) is 1. The molecule has 2 saturated heterocycles. The van der Waals surface area contributed by atoms with E-state index in [1.807, 2.05) is 24.3 Å². The van der Waals surface area contributed by atoms with Crippen LogP contribution in [0.2, 0.25) is 0 Å². The van der Waals surface area contributed by atoms with Crippen LogP contribution in [0.1, 0.15) is 72.3 Å². The molecule has 11 heteroatoms. The number of ether oxygens (including phenoxy) is 1. The summed E-state index contributed by atoms with van der Waals surface area (Å²) in [6, 6.07) is 11.9. The minimum Gasteiger partial charge on any atom is -0.497 e. The minimum absolute atomic E-state index is 0.0623. The number of piperazine rings is 1. The second-order valence-corrected chi connectivity index (χ2v) is 14.6. The van der Waals surface area contributed by atoms with Crippen LogP contribution in [0.15, 0.2) is 42.0 Å². The van der Waals surface area contributed by atoms with Crippen molar-refractivity contribution < 1.29 is 22.7 Å². The SMILES string of the molecule is CNS(=O)(=O)NC(=O)c1ccc2c(C3CCCCC3)c3n(c2c1)CC(C(=O)N1C2CCC1CN(C)C2)=Cc1cc(OC)ccc1-3. The highest BCUT2D eigenvalue weighted by Crippen LogP contribution is 2.47. The molecule has 4 aliphatic rings. The molecule has 0 spiro atoms. The lowest BCUT2D eigenvalue weighted by molar-refractivity contribution is -0.132. The van der Waals surface area contributed by atoms with E-state index in [1.54, 1.807) is 19.2 Å². The Hall–Kier alpha value is -3.67. The van der Waals surface area contributed by atoms with Gasteiger partial charge in [0.25, 0.3) is 11.8 Å². The van der Waals surface area contributed by atoms with Gasteiger partial charge in [-0.25, -0.2) is 9.44 Å². The van der Waals surface area contributed by atoms with E-state index in [1.165, 1.54) is 19.0 Å². The molecule has 1 saturated carbocycles. The van der Waals surface area contributed by atoms with E-state index in [2.05, 4.69) is 36.9 Å². The summed E-state index contributed by atoms with van der Waals surface area (Å²) in [6.07, 6.45) is 9.74. The number of carbonyl (C=O) groups is 2. The standard InChI is InChI=1S/C34H41N5O5S/c1-35-45(42,43)36-33(40)22-9-13-29-30(17-22)38-18-24(34(41)39-25-10-11-26(39)20-37(2)19-25)15-23-16-27(44-3)12-14-28(23)32(38)31(29)21-7-5-4-6-8-21/h9,12-17,21,25-26,35H,4-8,10-11,18-20H2,1-3H3,(H,36,40). The van der Waals surface area contributed by atoms with Crippen molar-refractivity contribution in [1.29, 1.82) is 0 Å². The van der Waals surface area contributed by atoms with E-state index in [0.717, 1.165) is 85.1 Å². The molecule has 7 rings (SSSR count). The van der Waals surface area contributed by atoms with Crippen LogP contribution in [0.4, 0.5) is 0 Å². The zero-order chi connectivity index (χ0) is 31.5. The largest absolute Gasteiger partial charge is 0.497 e. The molecule has 10 nitrogen and oxygen atoms in total. The Bertz CT molecular complexity index is 1810. The number of nitrogens with zero attached hydrogens (tertiary/aromatic N) is 3. The number of carbonyl (C=O) groups excluding carboxylic acids is 2. The van der Waals surface area contributed by atoms with Crippen LogP contribution in [0, 0.1) is 0 Å². The highest BCUT2D eigenvalue weighted by Gasteiger charge is 2.43. The van der Waals surface area contributed by atoms with Gasteiger partial charge in [0.15, 0.2) is 0 Å². The van der Waals surface area contributed by atoms with E-state index in [-0.39, 0.29) is 23.6 Å². The van der Waals surface area contributed by atoms with E-state index in [0.29, 0.717) is 18.0 Å². The number of hydrogen-bond donors (Lipinski definition) is 2. The van der Waals surface area contributed by atoms with Crippen molar-refractivity contribution in [3.63, 3.8) is 0 Å². The van der Waals surface area contributed by atoms with Gasteiger partial charge in [0.1, 0.15) is 5.75 Å². The molecule has 2 bridgehead atoms. The predicted octanol–water partition coefficient (Wildman–Crippen LogP) is 4.26. The average Bonchev–Trinajstić information content (AvgIpc) is 3.43. The van der Waals surface area contributed by atoms with Gasteiger partial charge in [-0.1, -0.05) is 25.3 Å². The minimum atomic E-state index is -3.97. The Labute approximate surface area is 264 Å². The number of hydrogen-bond acceptors (Lipinski definition) is 6. The normalized spacial score (nSPS) is 22.0. The van der Waals surface area contributed by atoms with Crippen LogP contribution in [-0.2, 0) is 21.5 Å². The van der Waals surface area contributed by atoms with Crippen LogP contribution < -0.4 is 14.2 Å². The number of nitrogens with one attached hydrogen (secondary N) is 2. The van der Waals surface area contributed by atoms with E-state index >= 15 is 0 Å². The third kappa shape index (κ3) is 5.34. The van der Waals surface area contributed by atoms with Crippen LogP contribution in [0.3, 0.4) is 0 Å². The average molecular weight is 632 g/mol. The van der Waals surface area contributed by atoms with Crippen molar-refractivity contribution in [3.8, 4) is 17.0 Å². The first-order chi connectivity index (χ1) is 21.7. The molecule has 2 aromatic carbocycles. The molecule has 4 heterocycles. The Morgan fingerprint density at radius 2 is 1.69 bits per heavy atom. The summed E-state index contributed by atoms with van der Waals surface area (Å²) in [4.78, 5) is 32.1. The van der Waals surface area contributed by atoms with E-state index < -0.39 is 16.1 Å². The molecule has 45 heavy (non-hydrogen) atoms. The van der Waals surface area contributed by atoms with Crippen LogP contribution in [0.25, 0.3) is 28.2 Å². The molecule has 2 amide bonds. The van der Waals surface area contributed by atoms with E-state index in [4.69, 9.17) is 4.74 Å². The fourth-order valence-corrected chi connectivity index (χ4v) is 8.62. The second kappa shape index (κ2) is 11.6. The number of likely N-dealkylation sites (tertiary alicyclic amines) is 1. The van der Waals surface area contributed by atoms with Gasteiger partial charge >= 0.3 is 10.2 Å².